The van der Waals surface area contributed by atoms with Gasteiger partial charge in [-0.25, -0.2) is 0 Å². The van der Waals surface area contributed by atoms with Gasteiger partial charge in [0.05, 0.1) is 0 Å². The first-order chi connectivity index (χ1) is 9.47. The van der Waals surface area contributed by atoms with E-state index in [1.165, 1.54) is 4.90 Å². The number of aliphatic carboxylic acids is 1. The summed E-state index contributed by atoms with van der Waals surface area (Å²) in [6, 6.07) is 8.01. The molecule has 1 atom stereocenters. The van der Waals surface area contributed by atoms with E-state index < -0.39 is 5.97 Å². The molecular weight excluding hydrogens is 322 g/mol. The van der Waals surface area contributed by atoms with Gasteiger partial charge in [0.25, 0.3) is 0 Å². The smallest absolute Gasteiger partial charge is 0.323 e. The van der Waals surface area contributed by atoms with Crippen LogP contribution in [0.4, 0.5) is 0 Å². The summed E-state index contributed by atoms with van der Waals surface area (Å²) in [5, 5.41) is 8.89. The predicted molar refractivity (Wildman–Crippen MR) is 79.5 cm³/mol. The topological polar surface area (TPSA) is 57.6 Å². The molecule has 0 radical (unpaired) electrons. The van der Waals surface area contributed by atoms with E-state index >= 15 is 0 Å². The zero-order valence-electron chi connectivity index (χ0n) is 11.4. The van der Waals surface area contributed by atoms with Gasteiger partial charge in [0, 0.05) is 16.9 Å². The van der Waals surface area contributed by atoms with Crippen molar-refractivity contribution in [2.24, 2.45) is 0 Å². The lowest BCUT2D eigenvalue weighted by Gasteiger charge is -2.22. The summed E-state index contributed by atoms with van der Waals surface area (Å²) in [6.07, 6.45) is 2.20. The number of carbonyl (C=O) groups excluding carboxylic acids is 1. The molecule has 1 saturated carbocycles. The minimum Gasteiger partial charge on any atom is -0.480 e. The van der Waals surface area contributed by atoms with Crippen LogP contribution in [0.3, 0.4) is 0 Å². The summed E-state index contributed by atoms with van der Waals surface area (Å²) in [5.41, 5.74) is 1.09. The molecule has 0 saturated heterocycles. The van der Waals surface area contributed by atoms with E-state index in [1.807, 2.05) is 31.2 Å². The van der Waals surface area contributed by atoms with Gasteiger partial charge in [0.2, 0.25) is 5.91 Å². The van der Waals surface area contributed by atoms with Crippen molar-refractivity contribution in [1.82, 2.24) is 4.90 Å². The quantitative estimate of drug-likeness (QED) is 0.866. The highest BCUT2D eigenvalue weighted by atomic mass is 79.9. The number of hydrogen-bond acceptors (Lipinski definition) is 2. The van der Waals surface area contributed by atoms with Crippen molar-refractivity contribution in [2.45, 2.75) is 38.1 Å². The van der Waals surface area contributed by atoms with Gasteiger partial charge >= 0.3 is 5.97 Å². The molecule has 1 aliphatic carbocycles. The van der Waals surface area contributed by atoms with Crippen LogP contribution in [0.5, 0.6) is 0 Å². The second-order valence-electron chi connectivity index (χ2n) is 5.30. The maximum Gasteiger partial charge on any atom is 0.323 e. The second kappa shape index (κ2) is 6.39. The van der Waals surface area contributed by atoms with Crippen molar-refractivity contribution >= 4 is 27.8 Å². The van der Waals surface area contributed by atoms with Crippen molar-refractivity contribution in [1.29, 1.82) is 0 Å². The Morgan fingerprint density at radius 1 is 1.35 bits per heavy atom. The Morgan fingerprint density at radius 3 is 2.45 bits per heavy atom. The molecular formula is C15H18BrNO3. The highest BCUT2D eigenvalue weighted by Crippen LogP contribution is 2.29. The van der Waals surface area contributed by atoms with Crippen molar-refractivity contribution < 1.29 is 14.7 Å². The summed E-state index contributed by atoms with van der Waals surface area (Å²) in [5.74, 6) is -0.919. The Labute approximate surface area is 126 Å². The monoisotopic (exact) mass is 339 g/mol. The van der Waals surface area contributed by atoms with Crippen LogP contribution in [0.25, 0.3) is 0 Å². The zero-order chi connectivity index (χ0) is 14.7. The van der Waals surface area contributed by atoms with E-state index in [1.54, 1.807) is 0 Å². The summed E-state index contributed by atoms with van der Waals surface area (Å²) in [6.45, 7) is 1.81. The number of hydrogen-bond donors (Lipinski definition) is 1. The van der Waals surface area contributed by atoms with Gasteiger partial charge in [-0.15, -0.1) is 0 Å². The van der Waals surface area contributed by atoms with Gasteiger partial charge < -0.3 is 10.0 Å². The lowest BCUT2D eigenvalue weighted by atomic mass is 9.97. The number of carboxylic acid groups (broad SMARTS) is 1. The molecule has 1 amide bonds. The molecule has 1 aliphatic rings. The molecule has 20 heavy (non-hydrogen) atoms. The average molecular weight is 340 g/mol. The summed E-state index contributed by atoms with van der Waals surface area (Å²) < 4.78 is 1.00. The molecule has 108 valence electrons. The summed E-state index contributed by atoms with van der Waals surface area (Å²) in [7, 11) is 0. The van der Waals surface area contributed by atoms with E-state index in [-0.39, 0.29) is 24.4 Å². The summed E-state index contributed by atoms with van der Waals surface area (Å²) >= 11 is 3.38. The molecule has 1 aromatic rings. The molecule has 0 aromatic heterocycles. The van der Waals surface area contributed by atoms with E-state index in [0.29, 0.717) is 6.42 Å². The van der Waals surface area contributed by atoms with Crippen LogP contribution in [0.2, 0.25) is 0 Å². The molecule has 1 N–H and O–H groups in total. The van der Waals surface area contributed by atoms with E-state index in [2.05, 4.69) is 15.9 Å². The van der Waals surface area contributed by atoms with Crippen LogP contribution in [0.15, 0.2) is 28.7 Å². The number of halogens is 1. The van der Waals surface area contributed by atoms with Crippen LogP contribution in [-0.4, -0.2) is 34.5 Å². The molecule has 1 aromatic carbocycles. The highest BCUT2D eigenvalue weighted by molar-refractivity contribution is 9.10. The fourth-order valence-electron chi connectivity index (χ4n) is 2.24. The minimum atomic E-state index is -0.943. The zero-order valence-corrected chi connectivity index (χ0v) is 13.0. The normalized spacial score (nSPS) is 15.7. The van der Waals surface area contributed by atoms with Gasteiger partial charge in [-0.1, -0.05) is 35.0 Å². The first kappa shape index (κ1) is 15.0. The van der Waals surface area contributed by atoms with Crippen LogP contribution >= 0.6 is 15.9 Å². The molecule has 1 fully saturated rings. The number of carboxylic acids is 1. The number of carbonyl (C=O) groups is 2. The lowest BCUT2D eigenvalue weighted by molar-refractivity contribution is -0.145. The Kier molecular flexibility index (Phi) is 4.81. The first-order valence-corrected chi connectivity index (χ1v) is 7.53. The Balaban J connectivity index is 1.98. The average Bonchev–Trinajstić information content (AvgIpc) is 3.20. The largest absolute Gasteiger partial charge is 0.480 e. The second-order valence-corrected chi connectivity index (χ2v) is 6.22. The van der Waals surface area contributed by atoms with Gasteiger partial charge in [-0.3, -0.25) is 9.59 Å². The third-order valence-corrected chi connectivity index (χ3v) is 4.06. The third-order valence-electron chi connectivity index (χ3n) is 3.53. The third kappa shape index (κ3) is 4.07. The van der Waals surface area contributed by atoms with Crippen LogP contribution < -0.4 is 0 Å². The Morgan fingerprint density at radius 2 is 1.95 bits per heavy atom. The summed E-state index contributed by atoms with van der Waals surface area (Å²) in [4.78, 5) is 24.6. The van der Waals surface area contributed by atoms with E-state index in [0.717, 1.165) is 22.9 Å². The van der Waals surface area contributed by atoms with Crippen molar-refractivity contribution in [3.8, 4) is 0 Å². The Bertz CT molecular complexity index is 496. The standard InChI is InChI=1S/C15H18BrNO3/c1-10(11-2-4-12(16)5-3-11)8-14(18)17(9-15(19)20)13-6-7-13/h2-5,10,13H,6-9H2,1H3,(H,19,20). The minimum absolute atomic E-state index is 0.0645. The molecule has 5 heteroatoms. The van der Waals surface area contributed by atoms with Crippen LogP contribution in [0, 0.1) is 0 Å². The lowest BCUT2D eigenvalue weighted by Crippen LogP contribution is -2.37. The van der Waals surface area contributed by atoms with Gasteiger partial charge in [-0.05, 0) is 36.5 Å². The van der Waals surface area contributed by atoms with E-state index in [4.69, 9.17) is 5.11 Å². The van der Waals surface area contributed by atoms with Crippen molar-refractivity contribution in [3.63, 3.8) is 0 Å². The highest BCUT2D eigenvalue weighted by Gasteiger charge is 2.34. The fraction of sp³-hybridized carbons (Fsp3) is 0.467. The van der Waals surface area contributed by atoms with Gasteiger partial charge in [0.1, 0.15) is 6.54 Å². The van der Waals surface area contributed by atoms with Crippen molar-refractivity contribution in [3.05, 3.63) is 34.3 Å². The predicted octanol–water partition coefficient (Wildman–Crippen LogP) is 3.02. The molecule has 1 unspecified atom stereocenters. The molecule has 4 nitrogen and oxygen atoms in total. The molecule has 0 bridgehead atoms. The van der Waals surface area contributed by atoms with E-state index in [9.17, 15) is 9.59 Å². The molecule has 0 heterocycles. The Hall–Kier alpha value is -1.36. The van der Waals surface area contributed by atoms with Crippen LogP contribution in [0.1, 0.15) is 37.7 Å². The number of rotatable bonds is 6. The maximum atomic E-state index is 12.3. The molecule has 0 aliphatic heterocycles. The van der Waals surface area contributed by atoms with Gasteiger partial charge in [-0.2, -0.15) is 0 Å². The van der Waals surface area contributed by atoms with Crippen molar-refractivity contribution in [2.75, 3.05) is 6.54 Å². The fourth-order valence-corrected chi connectivity index (χ4v) is 2.51. The number of nitrogens with zero attached hydrogens (tertiary/aromatic N) is 1. The SMILES string of the molecule is CC(CC(=O)N(CC(=O)O)C1CC1)c1ccc(Br)cc1. The number of benzene rings is 1. The maximum absolute atomic E-state index is 12.3. The van der Waals surface area contributed by atoms with Gasteiger partial charge in [0.15, 0.2) is 0 Å². The van der Waals surface area contributed by atoms with Crippen LogP contribution in [-0.2, 0) is 9.59 Å². The first-order valence-electron chi connectivity index (χ1n) is 6.74. The molecule has 0 spiro atoms. The number of amides is 1. The molecule has 2 rings (SSSR count).